The SMILES string of the molecule is CC(C)(C)OC(=O)NCC(C)(C)C(=O)N1CCC(CC(=O)OCc2ccccc2)CC1. The second-order valence-electron chi connectivity index (χ2n) is 9.83. The molecule has 0 radical (unpaired) electrons. The summed E-state index contributed by atoms with van der Waals surface area (Å²) in [4.78, 5) is 38.8. The first-order chi connectivity index (χ1) is 14.5. The van der Waals surface area contributed by atoms with E-state index in [0.717, 1.165) is 18.4 Å². The number of ether oxygens (including phenoxy) is 2. The number of likely N-dealkylation sites (tertiary alicyclic amines) is 1. The molecule has 0 aliphatic carbocycles. The molecule has 1 aromatic rings. The van der Waals surface area contributed by atoms with Crippen molar-refractivity contribution in [3.63, 3.8) is 0 Å². The average molecular weight is 433 g/mol. The van der Waals surface area contributed by atoms with Crippen molar-refractivity contribution in [2.24, 2.45) is 11.3 Å². The van der Waals surface area contributed by atoms with E-state index in [1.54, 1.807) is 20.8 Å². The van der Waals surface area contributed by atoms with Crippen LogP contribution in [0.25, 0.3) is 0 Å². The Morgan fingerprint density at radius 3 is 2.23 bits per heavy atom. The standard InChI is InChI=1S/C24H36N2O5/c1-23(2,3)31-22(29)25-17-24(4,5)21(28)26-13-11-18(12-14-26)15-20(27)30-16-19-9-7-6-8-10-19/h6-10,18H,11-17H2,1-5H3,(H,25,29). The lowest BCUT2D eigenvalue weighted by Gasteiger charge is -2.37. The Balaban J connectivity index is 1.73. The van der Waals surface area contributed by atoms with Crippen molar-refractivity contribution in [2.45, 2.75) is 66.1 Å². The van der Waals surface area contributed by atoms with Crippen LogP contribution in [0.4, 0.5) is 4.79 Å². The van der Waals surface area contributed by atoms with E-state index in [4.69, 9.17) is 9.47 Å². The predicted octanol–water partition coefficient (Wildman–Crippen LogP) is 3.91. The molecule has 2 amide bonds. The van der Waals surface area contributed by atoms with Gasteiger partial charge < -0.3 is 19.7 Å². The van der Waals surface area contributed by atoms with Gasteiger partial charge in [-0.25, -0.2) is 4.79 Å². The Kier molecular flexibility index (Phi) is 8.48. The lowest BCUT2D eigenvalue weighted by Crippen LogP contribution is -2.50. The smallest absolute Gasteiger partial charge is 0.407 e. The molecule has 172 valence electrons. The quantitative estimate of drug-likeness (QED) is 0.661. The molecule has 0 unspecified atom stereocenters. The van der Waals surface area contributed by atoms with Crippen molar-refractivity contribution in [2.75, 3.05) is 19.6 Å². The van der Waals surface area contributed by atoms with Crippen LogP contribution < -0.4 is 5.32 Å². The van der Waals surface area contributed by atoms with Crippen LogP contribution in [0.15, 0.2) is 30.3 Å². The van der Waals surface area contributed by atoms with E-state index in [1.165, 1.54) is 0 Å². The number of nitrogens with zero attached hydrogens (tertiary/aromatic N) is 1. The summed E-state index contributed by atoms with van der Waals surface area (Å²) in [6, 6.07) is 9.61. The van der Waals surface area contributed by atoms with Gasteiger partial charge >= 0.3 is 12.1 Å². The summed E-state index contributed by atoms with van der Waals surface area (Å²) in [5.74, 6) is 0.0134. The number of hydrogen-bond acceptors (Lipinski definition) is 5. The van der Waals surface area contributed by atoms with Crippen LogP contribution in [0.5, 0.6) is 0 Å². The molecule has 0 bridgehead atoms. The highest BCUT2D eigenvalue weighted by Gasteiger charge is 2.35. The van der Waals surface area contributed by atoms with Gasteiger partial charge in [0.15, 0.2) is 0 Å². The number of nitrogens with one attached hydrogen (secondary N) is 1. The monoisotopic (exact) mass is 432 g/mol. The Morgan fingerprint density at radius 1 is 1.03 bits per heavy atom. The largest absolute Gasteiger partial charge is 0.461 e. The first kappa shape index (κ1) is 24.7. The Labute approximate surface area is 185 Å². The fourth-order valence-corrected chi connectivity index (χ4v) is 3.48. The average Bonchev–Trinajstić information content (AvgIpc) is 2.70. The van der Waals surface area contributed by atoms with E-state index in [1.807, 2.05) is 49.1 Å². The Morgan fingerprint density at radius 2 is 1.65 bits per heavy atom. The van der Waals surface area contributed by atoms with E-state index in [2.05, 4.69) is 5.32 Å². The van der Waals surface area contributed by atoms with Gasteiger partial charge in [0.1, 0.15) is 12.2 Å². The van der Waals surface area contributed by atoms with Crippen LogP contribution in [0, 0.1) is 11.3 Å². The number of piperidine rings is 1. The summed E-state index contributed by atoms with van der Waals surface area (Å²) in [6.07, 6.45) is 1.38. The van der Waals surface area contributed by atoms with Gasteiger partial charge in [0.05, 0.1) is 5.41 Å². The van der Waals surface area contributed by atoms with E-state index < -0.39 is 17.1 Å². The van der Waals surface area contributed by atoms with Crippen LogP contribution >= 0.6 is 0 Å². The molecule has 1 aliphatic heterocycles. The summed E-state index contributed by atoms with van der Waals surface area (Å²) < 4.78 is 10.6. The van der Waals surface area contributed by atoms with Crippen molar-refractivity contribution in [3.05, 3.63) is 35.9 Å². The minimum absolute atomic E-state index is 0.00587. The molecule has 0 aromatic heterocycles. The Hall–Kier alpha value is -2.57. The number of benzene rings is 1. The number of rotatable bonds is 7. The summed E-state index contributed by atoms with van der Waals surface area (Å²) in [6.45, 7) is 10.7. The predicted molar refractivity (Wildman–Crippen MR) is 118 cm³/mol. The molecule has 1 N–H and O–H groups in total. The van der Waals surface area contributed by atoms with Gasteiger partial charge in [0, 0.05) is 26.1 Å². The van der Waals surface area contributed by atoms with Gasteiger partial charge in [0.2, 0.25) is 5.91 Å². The van der Waals surface area contributed by atoms with E-state index in [9.17, 15) is 14.4 Å². The number of carbonyl (C=O) groups excluding carboxylic acids is 3. The molecule has 2 rings (SSSR count). The highest BCUT2D eigenvalue weighted by molar-refractivity contribution is 5.83. The highest BCUT2D eigenvalue weighted by atomic mass is 16.6. The summed E-state index contributed by atoms with van der Waals surface area (Å²) in [5.41, 5.74) is -0.348. The number of esters is 1. The van der Waals surface area contributed by atoms with Crippen molar-refractivity contribution < 1.29 is 23.9 Å². The zero-order chi connectivity index (χ0) is 23.1. The third-order valence-corrected chi connectivity index (χ3v) is 5.25. The molecule has 0 saturated carbocycles. The van der Waals surface area contributed by atoms with Gasteiger partial charge in [-0.05, 0) is 58.9 Å². The van der Waals surface area contributed by atoms with Crippen molar-refractivity contribution in [1.82, 2.24) is 10.2 Å². The summed E-state index contributed by atoms with van der Waals surface area (Å²) in [7, 11) is 0. The number of hydrogen-bond donors (Lipinski definition) is 1. The van der Waals surface area contributed by atoms with Crippen LogP contribution in [0.3, 0.4) is 0 Å². The zero-order valence-electron chi connectivity index (χ0n) is 19.4. The van der Waals surface area contributed by atoms with E-state index >= 15 is 0 Å². The normalized spacial score (nSPS) is 15.3. The minimum atomic E-state index is -0.738. The summed E-state index contributed by atoms with van der Waals surface area (Å²) in [5, 5.41) is 2.69. The second kappa shape index (κ2) is 10.6. The maximum atomic E-state index is 12.9. The number of alkyl carbamates (subject to hydrolysis) is 1. The minimum Gasteiger partial charge on any atom is -0.461 e. The lowest BCUT2D eigenvalue weighted by atomic mass is 9.88. The van der Waals surface area contributed by atoms with Crippen LogP contribution in [0.1, 0.15) is 59.4 Å². The molecule has 31 heavy (non-hydrogen) atoms. The fourth-order valence-electron chi connectivity index (χ4n) is 3.48. The topological polar surface area (TPSA) is 84.9 Å². The van der Waals surface area contributed by atoms with Crippen LogP contribution in [0.2, 0.25) is 0 Å². The molecule has 1 heterocycles. The van der Waals surface area contributed by atoms with Gasteiger partial charge in [-0.15, -0.1) is 0 Å². The molecule has 1 saturated heterocycles. The van der Waals surface area contributed by atoms with Crippen LogP contribution in [-0.2, 0) is 25.7 Å². The zero-order valence-corrected chi connectivity index (χ0v) is 19.4. The molecule has 1 aliphatic rings. The first-order valence-corrected chi connectivity index (χ1v) is 10.9. The van der Waals surface area contributed by atoms with E-state index in [0.29, 0.717) is 19.5 Å². The van der Waals surface area contributed by atoms with E-state index in [-0.39, 0.29) is 30.9 Å². The molecular formula is C24H36N2O5. The summed E-state index contributed by atoms with van der Waals surface area (Å²) >= 11 is 0. The van der Waals surface area contributed by atoms with Gasteiger partial charge in [-0.1, -0.05) is 30.3 Å². The van der Waals surface area contributed by atoms with Crippen molar-refractivity contribution in [3.8, 4) is 0 Å². The Bertz CT molecular complexity index is 747. The first-order valence-electron chi connectivity index (χ1n) is 10.9. The second-order valence-corrected chi connectivity index (χ2v) is 9.83. The van der Waals surface area contributed by atoms with Gasteiger partial charge in [-0.3, -0.25) is 9.59 Å². The van der Waals surface area contributed by atoms with Crippen molar-refractivity contribution in [1.29, 1.82) is 0 Å². The molecule has 7 heteroatoms. The van der Waals surface area contributed by atoms with Gasteiger partial charge in [0.25, 0.3) is 0 Å². The molecule has 0 atom stereocenters. The fraction of sp³-hybridized carbons (Fsp3) is 0.625. The third kappa shape index (κ3) is 8.59. The number of carbonyl (C=O) groups is 3. The molecule has 0 spiro atoms. The molecule has 7 nitrogen and oxygen atoms in total. The maximum absolute atomic E-state index is 12.9. The van der Waals surface area contributed by atoms with Crippen LogP contribution in [-0.4, -0.2) is 48.1 Å². The molecular weight excluding hydrogens is 396 g/mol. The maximum Gasteiger partial charge on any atom is 0.407 e. The van der Waals surface area contributed by atoms with Gasteiger partial charge in [-0.2, -0.15) is 0 Å². The highest BCUT2D eigenvalue weighted by Crippen LogP contribution is 2.26. The molecule has 1 fully saturated rings. The number of amides is 2. The molecule has 1 aromatic carbocycles. The van der Waals surface area contributed by atoms with Crippen molar-refractivity contribution >= 4 is 18.0 Å². The lowest BCUT2D eigenvalue weighted by molar-refractivity contribution is -0.147. The third-order valence-electron chi connectivity index (χ3n) is 5.25.